The van der Waals surface area contributed by atoms with Crippen LogP contribution in [0.1, 0.15) is 82.6 Å². The molecule has 0 aliphatic heterocycles. The average molecular weight is 363 g/mol. The standard InChI is InChI=1S/C22H34O4/c1-12(2)13-11-14-15(17(24)16(13)23)22(5)10-8-9-21(3,4)20(22)19(26-7)18(14)25-6/h11-12,18-20,23-24H,8-10H2,1-7H3/t18?,19?,20?,22-/m1/s1. The minimum atomic E-state index is -0.260. The number of rotatable bonds is 3. The third kappa shape index (κ3) is 2.56. The predicted molar refractivity (Wildman–Crippen MR) is 103 cm³/mol. The molecule has 4 nitrogen and oxygen atoms in total. The molecule has 4 atom stereocenters. The average Bonchev–Trinajstić information content (AvgIpc) is 2.55. The molecule has 3 unspecified atom stereocenters. The zero-order chi connectivity index (χ0) is 19.4. The van der Waals surface area contributed by atoms with Crippen LogP contribution in [0.15, 0.2) is 6.07 Å². The van der Waals surface area contributed by atoms with Gasteiger partial charge in [-0.15, -0.1) is 0 Å². The molecule has 2 aliphatic rings. The molecule has 2 N–H and O–H groups in total. The number of fused-ring (bicyclic) bond motifs is 3. The summed E-state index contributed by atoms with van der Waals surface area (Å²) in [6.45, 7) is 10.8. The lowest BCUT2D eigenvalue weighted by molar-refractivity contribution is -0.140. The van der Waals surface area contributed by atoms with Crippen LogP contribution in [0.25, 0.3) is 0 Å². The number of hydrogen-bond donors (Lipinski definition) is 2. The number of benzene rings is 1. The number of phenolic OH excluding ortho intramolecular Hbond substituents is 2. The van der Waals surface area contributed by atoms with Crippen LogP contribution in [-0.2, 0) is 14.9 Å². The Kier molecular flexibility index (Phi) is 4.81. The molecule has 1 aromatic carbocycles. The van der Waals surface area contributed by atoms with Crippen molar-refractivity contribution in [1.29, 1.82) is 0 Å². The van der Waals surface area contributed by atoms with Crippen molar-refractivity contribution in [2.75, 3.05) is 14.2 Å². The van der Waals surface area contributed by atoms with Gasteiger partial charge in [0.1, 0.15) is 6.10 Å². The van der Waals surface area contributed by atoms with Gasteiger partial charge in [-0.2, -0.15) is 0 Å². The van der Waals surface area contributed by atoms with E-state index in [9.17, 15) is 10.2 Å². The van der Waals surface area contributed by atoms with Gasteiger partial charge < -0.3 is 19.7 Å². The van der Waals surface area contributed by atoms with Crippen molar-refractivity contribution in [2.45, 2.75) is 77.4 Å². The summed E-state index contributed by atoms with van der Waals surface area (Å²) in [4.78, 5) is 0. The monoisotopic (exact) mass is 362 g/mol. The Morgan fingerprint density at radius 1 is 1.04 bits per heavy atom. The van der Waals surface area contributed by atoms with Gasteiger partial charge in [-0.1, -0.05) is 41.0 Å². The molecule has 2 aliphatic carbocycles. The SMILES string of the molecule is COC1c2cc(C(C)C)c(O)c(O)c2[C@@]2(C)CCCC(C)(C)C2C1OC. The molecule has 4 heteroatoms. The second kappa shape index (κ2) is 6.42. The topological polar surface area (TPSA) is 58.9 Å². The van der Waals surface area contributed by atoms with E-state index < -0.39 is 0 Å². The van der Waals surface area contributed by atoms with Crippen molar-refractivity contribution >= 4 is 0 Å². The first kappa shape index (κ1) is 19.5. The molecule has 146 valence electrons. The van der Waals surface area contributed by atoms with Crippen molar-refractivity contribution in [3.63, 3.8) is 0 Å². The summed E-state index contributed by atoms with van der Waals surface area (Å²) in [5, 5.41) is 21.8. The Morgan fingerprint density at radius 3 is 2.23 bits per heavy atom. The van der Waals surface area contributed by atoms with E-state index in [1.54, 1.807) is 14.2 Å². The van der Waals surface area contributed by atoms with Crippen LogP contribution >= 0.6 is 0 Å². The van der Waals surface area contributed by atoms with Gasteiger partial charge in [-0.05, 0) is 35.8 Å². The third-order valence-corrected chi connectivity index (χ3v) is 7.03. The highest BCUT2D eigenvalue weighted by atomic mass is 16.5. The van der Waals surface area contributed by atoms with Gasteiger partial charge in [0, 0.05) is 36.7 Å². The Bertz CT molecular complexity index is 694. The molecule has 0 bridgehead atoms. The lowest BCUT2D eigenvalue weighted by Gasteiger charge is -2.58. The van der Waals surface area contributed by atoms with Gasteiger partial charge in [-0.3, -0.25) is 0 Å². The molecule has 0 saturated heterocycles. The van der Waals surface area contributed by atoms with Gasteiger partial charge in [0.05, 0.1) is 6.10 Å². The molecule has 1 saturated carbocycles. The number of hydrogen-bond acceptors (Lipinski definition) is 4. The second-order valence-electron chi connectivity index (χ2n) is 9.38. The fourth-order valence-electron chi connectivity index (χ4n) is 6.01. The minimum Gasteiger partial charge on any atom is -0.504 e. The Hall–Kier alpha value is -1.26. The summed E-state index contributed by atoms with van der Waals surface area (Å²) in [5.41, 5.74) is 2.38. The number of aromatic hydroxyl groups is 2. The molecule has 0 amide bonds. The number of ether oxygens (including phenoxy) is 2. The largest absolute Gasteiger partial charge is 0.504 e. The lowest BCUT2D eigenvalue weighted by Crippen LogP contribution is -2.56. The van der Waals surface area contributed by atoms with Crippen molar-refractivity contribution in [3.05, 3.63) is 22.8 Å². The molecule has 0 spiro atoms. The molecule has 1 aromatic rings. The number of methoxy groups -OCH3 is 2. The van der Waals surface area contributed by atoms with Gasteiger partial charge in [-0.25, -0.2) is 0 Å². The summed E-state index contributed by atoms with van der Waals surface area (Å²) >= 11 is 0. The van der Waals surface area contributed by atoms with E-state index in [1.807, 2.05) is 19.9 Å². The van der Waals surface area contributed by atoms with Crippen molar-refractivity contribution < 1.29 is 19.7 Å². The van der Waals surface area contributed by atoms with Crippen LogP contribution in [0, 0.1) is 11.3 Å². The van der Waals surface area contributed by atoms with E-state index in [0.717, 1.165) is 36.0 Å². The molecule has 0 heterocycles. The quantitative estimate of drug-likeness (QED) is 0.741. The summed E-state index contributed by atoms with van der Waals surface area (Å²) in [6.07, 6.45) is 2.85. The second-order valence-corrected chi connectivity index (χ2v) is 9.38. The zero-order valence-corrected chi connectivity index (χ0v) is 17.2. The van der Waals surface area contributed by atoms with Crippen LogP contribution in [0.5, 0.6) is 11.5 Å². The van der Waals surface area contributed by atoms with Crippen LogP contribution in [-0.4, -0.2) is 30.5 Å². The van der Waals surface area contributed by atoms with Crippen molar-refractivity contribution in [3.8, 4) is 11.5 Å². The first-order valence-electron chi connectivity index (χ1n) is 9.75. The first-order chi connectivity index (χ1) is 12.1. The maximum Gasteiger partial charge on any atom is 0.161 e. The molecule has 26 heavy (non-hydrogen) atoms. The van der Waals surface area contributed by atoms with Crippen LogP contribution < -0.4 is 0 Å². The third-order valence-electron chi connectivity index (χ3n) is 7.03. The predicted octanol–water partition coefficient (Wildman–Crippen LogP) is 5.02. The maximum atomic E-state index is 11.1. The summed E-state index contributed by atoms with van der Waals surface area (Å²) in [6, 6.07) is 2.03. The first-order valence-corrected chi connectivity index (χ1v) is 9.75. The van der Waals surface area contributed by atoms with Gasteiger partial charge in [0.25, 0.3) is 0 Å². The summed E-state index contributed by atoms with van der Waals surface area (Å²) < 4.78 is 11.9. The van der Waals surface area contributed by atoms with Gasteiger partial charge in [0.2, 0.25) is 0 Å². The van der Waals surface area contributed by atoms with Crippen LogP contribution in [0.3, 0.4) is 0 Å². The Morgan fingerprint density at radius 2 is 1.69 bits per heavy atom. The fraction of sp³-hybridized carbons (Fsp3) is 0.727. The van der Waals surface area contributed by atoms with Crippen LogP contribution in [0.4, 0.5) is 0 Å². The molecular formula is C22H34O4. The highest BCUT2D eigenvalue weighted by Gasteiger charge is 2.58. The molecule has 3 rings (SSSR count). The zero-order valence-electron chi connectivity index (χ0n) is 17.2. The van der Waals surface area contributed by atoms with E-state index in [2.05, 4.69) is 20.8 Å². The molecule has 0 radical (unpaired) electrons. The normalized spacial score (nSPS) is 33.0. The van der Waals surface area contributed by atoms with E-state index >= 15 is 0 Å². The van der Waals surface area contributed by atoms with E-state index in [0.29, 0.717) is 0 Å². The lowest BCUT2D eigenvalue weighted by atomic mass is 9.48. The van der Waals surface area contributed by atoms with E-state index in [4.69, 9.17) is 9.47 Å². The smallest absolute Gasteiger partial charge is 0.161 e. The van der Waals surface area contributed by atoms with Gasteiger partial charge >= 0.3 is 0 Å². The van der Waals surface area contributed by atoms with Crippen molar-refractivity contribution in [1.82, 2.24) is 0 Å². The van der Waals surface area contributed by atoms with E-state index in [-0.39, 0.29) is 46.4 Å². The molecule has 1 fully saturated rings. The van der Waals surface area contributed by atoms with Crippen LogP contribution in [0.2, 0.25) is 0 Å². The molecular weight excluding hydrogens is 328 g/mol. The number of phenols is 2. The highest BCUT2D eigenvalue weighted by Crippen LogP contribution is 2.63. The summed E-state index contributed by atoms with van der Waals surface area (Å²) in [7, 11) is 3.47. The summed E-state index contributed by atoms with van der Waals surface area (Å²) in [5.74, 6) is 0.361. The Labute approximate surface area is 157 Å². The van der Waals surface area contributed by atoms with Crippen molar-refractivity contribution in [2.24, 2.45) is 11.3 Å². The maximum absolute atomic E-state index is 11.1. The van der Waals surface area contributed by atoms with E-state index in [1.165, 1.54) is 0 Å². The minimum absolute atomic E-state index is 0.0211. The molecule has 0 aromatic heterocycles. The Balaban J connectivity index is 2.35. The highest BCUT2D eigenvalue weighted by molar-refractivity contribution is 5.60. The van der Waals surface area contributed by atoms with Gasteiger partial charge in [0.15, 0.2) is 11.5 Å². The fourth-order valence-corrected chi connectivity index (χ4v) is 6.01.